The number of nitrogens with zero attached hydrogens (tertiary/aromatic N) is 5. The van der Waals surface area contributed by atoms with Crippen molar-refractivity contribution >= 4 is 33.0 Å². The number of aromatic nitrogens is 4. The van der Waals surface area contributed by atoms with Crippen LogP contribution < -0.4 is 5.56 Å². The van der Waals surface area contributed by atoms with E-state index in [4.69, 9.17) is 4.98 Å². The predicted molar refractivity (Wildman–Crippen MR) is 133 cm³/mol. The largest absolute Gasteiger partial charge is 0.303 e. The van der Waals surface area contributed by atoms with Crippen molar-refractivity contribution in [2.24, 2.45) is 5.10 Å². The van der Waals surface area contributed by atoms with E-state index in [1.54, 1.807) is 12.3 Å². The normalized spacial score (nSPS) is 12.7. The van der Waals surface area contributed by atoms with Crippen molar-refractivity contribution in [2.45, 2.75) is 47.0 Å². The van der Waals surface area contributed by atoms with Crippen molar-refractivity contribution in [3.63, 3.8) is 0 Å². The van der Waals surface area contributed by atoms with E-state index in [0.29, 0.717) is 16.7 Å². The second-order valence-electron chi connectivity index (χ2n) is 8.16. The smallest absolute Gasteiger partial charge is 0.282 e. The summed E-state index contributed by atoms with van der Waals surface area (Å²) in [5.41, 5.74) is 4.62. The second kappa shape index (κ2) is 8.82. The molecular formula is C25H26BrN5O. The third-order valence-electron chi connectivity index (χ3n) is 5.79. The Labute approximate surface area is 195 Å². The van der Waals surface area contributed by atoms with Gasteiger partial charge in [-0.3, -0.25) is 4.79 Å². The Morgan fingerprint density at radius 2 is 1.94 bits per heavy atom. The molecule has 0 saturated carbocycles. The van der Waals surface area contributed by atoms with Crippen LogP contribution in [-0.2, 0) is 0 Å². The molecule has 0 unspecified atom stereocenters. The summed E-state index contributed by atoms with van der Waals surface area (Å²) in [7, 11) is 0. The Morgan fingerprint density at radius 1 is 1.16 bits per heavy atom. The number of halogens is 1. The van der Waals surface area contributed by atoms with Crippen LogP contribution in [-0.4, -0.2) is 25.4 Å². The molecule has 3 aromatic heterocycles. The molecule has 1 aromatic carbocycles. The number of hydrogen-bond donors (Lipinski definition) is 0. The zero-order valence-electron chi connectivity index (χ0n) is 18.9. The Morgan fingerprint density at radius 3 is 2.62 bits per heavy atom. The monoisotopic (exact) mass is 491 g/mol. The van der Waals surface area contributed by atoms with Gasteiger partial charge in [0.05, 0.1) is 17.1 Å². The molecule has 3 heterocycles. The van der Waals surface area contributed by atoms with Crippen molar-refractivity contribution in [3.8, 4) is 5.82 Å². The molecule has 0 spiro atoms. The van der Waals surface area contributed by atoms with Crippen LogP contribution in [0, 0.1) is 20.8 Å². The summed E-state index contributed by atoms with van der Waals surface area (Å²) in [4.78, 5) is 22.7. The summed E-state index contributed by atoms with van der Waals surface area (Å²) in [5.74, 6) is 1.62. The van der Waals surface area contributed by atoms with Crippen LogP contribution in [0.2, 0.25) is 0 Å². The number of fused-ring (bicyclic) bond motifs is 1. The molecule has 164 valence electrons. The maximum absolute atomic E-state index is 13.3. The summed E-state index contributed by atoms with van der Waals surface area (Å²) in [5, 5.41) is 5.16. The molecule has 0 aliphatic rings. The molecule has 0 radical (unpaired) electrons. The summed E-state index contributed by atoms with van der Waals surface area (Å²) >= 11 is 3.45. The van der Waals surface area contributed by atoms with Crippen molar-refractivity contribution < 1.29 is 0 Å². The first-order valence-corrected chi connectivity index (χ1v) is 11.5. The number of pyridine rings is 1. The third-order valence-corrected chi connectivity index (χ3v) is 6.29. The van der Waals surface area contributed by atoms with Crippen molar-refractivity contribution in [2.75, 3.05) is 0 Å². The summed E-state index contributed by atoms with van der Waals surface area (Å²) in [6.07, 6.45) is 4.46. The lowest BCUT2D eigenvalue weighted by Crippen LogP contribution is -2.23. The highest BCUT2D eigenvalue weighted by Gasteiger charge is 2.16. The Bertz CT molecular complexity index is 1380. The topological polar surface area (TPSA) is 65.1 Å². The van der Waals surface area contributed by atoms with Gasteiger partial charge in [-0.05, 0) is 63.1 Å². The van der Waals surface area contributed by atoms with E-state index >= 15 is 0 Å². The van der Waals surface area contributed by atoms with Gasteiger partial charge >= 0.3 is 0 Å². The fraction of sp³-hybridized carbons (Fsp3) is 0.280. The van der Waals surface area contributed by atoms with Crippen LogP contribution in [0.3, 0.4) is 0 Å². The van der Waals surface area contributed by atoms with E-state index in [9.17, 15) is 4.79 Å². The average Bonchev–Trinajstić information content (AvgIpc) is 3.06. The maximum atomic E-state index is 13.3. The first-order chi connectivity index (χ1) is 15.3. The lowest BCUT2D eigenvalue weighted by Gasteiger charge is -2.14. The third kappa shape index (κ3) is 4.05. The molecular weight excluding hydrogens is 466 g/mol. The molecule has 6 nitrogen and oxygen atoms in total. The number of hydrogen-bond acceptors (Lipinski definition) is 4. The molecule has 4 rings (SSSR count). The quantitative estimate of drug-likeness (QED) is 0.338. The highest BCUT2D eigenvalue weighted by atomic mass is 79.9. The van der Waals surface area contributed by atoms with E-state index in [1.807, 2.05) is 51.2 Å². The molecule has 7 heteroatoms. The van der Waals surface area contributed by atoms with E-state index in [1.165, 1.54) is 4.68 Å². The fourth-order valence-corrected chi connectivity index (χ4v) is 4.12. The van der Waals surface area contributed by atoms with Gasteiger partial charge in [0.1, 0.15) is 11.6 Å². The molecule has 1 atom stereocenters. The van der Waals surface area contributed by atoms with Crippen LogP contribution in [0.15, 0.2) is 57.0 Å². The van der Waals surface area contributed by atoms with Gasteiger partial charge < -0.3 is 4.57 Å². The molecule has 0 bridgehead atoms. The Kier molecular flexibility index (Phi) is 6.11. The molecule has 0 fully saturated rings. The zero-order valence-corrected chi connectivity index (χ0v) is 20.5. The summed E-state index contributed by atoms with van der Waals surface area (Å²) in [6, 6.07) is 11.7. The van der Waals surface area contributed by atoms with Gasteiger partial charge in [-0.1, -0.05) is 35.8 Å². The van der Waals surface area contributed by atoms with Gasteiger partial charge in [-0.15, -0.1) is 0 Å². The Hall–Kier alpha value is -3.06. The molecule has 0 amide bonds. The van der Waals surface area contributed by atoms with Crippen molar-refractivity contribution in [1.82, 2.24) is 19.2 Å². The number of benzene rings is 1. The highest BCUT2D eigenvalue weighted by Crippen LogP contribution is 2.22. The van der Waals surface area contributed by atoms with Gasteiger partial charge in [0.2, 0.25) is 0 Å². The van der Waals surface area contributed by atoms with E-state index in [0.717, 1.165) is 39.2 Å². The summed E-state index contributed by atoms with van der Waals surface area (Å²) in [6.45, 7) is 10.2. The van der Waals surface area contributed by atoms with Crippen molar-refractivity contribution in [3.05, 3.63) is 85.8 Å². The van der Waals surface area contributed by atoms with Gasteiger partial charge in [-0.25, -0.2) is 9.97 Å². The maximum Gasteiger partial charge on any atom is 0.282 e. The minimum absolute atomic E-state index is 0.0945. The molecule has 0 aliphatic heterocycles. The van der Waals surface area contributed by atoms with Gasteiger partial charge in [0.15, 0.2) is 0 Å². The summed E-state index contributed by atoms with van der Waals surface area (Å²) < 4.78 is 4.37. The molecule has 4 aromatic rings. The highest BCUT2D eigenvalue weighted by molar-refractivity contribution is 9.10. The second-order valence-corrected chi connectivity index (χ2v) is 9.07. The zero-order chi connectivity index (χ0) is 23.0. The van der Waals surface area contributed by atoms with Crippen LogP contribution in [0.5, 0.6) is 0 Å². The lowest BCUT2D eigenvalue weighted by atomic mass is 10.1. The van der Waals surface area contributed by atoms with Crippen LogP contribution in [0.1, 0.15) is 54.5 Å². The minimum atomic E-state index is -0.170. The van der Waals surface area contributed by atoms with E-state index < -0.39 is 0 Å². The fourth-order valence-electron chi connectivity index (χ4n) is 3.76. The van der Waals surface area contributed by atoms with Gasteiger partial charge in [0, 0.05) is 33.5 Å². The minimum Gasteiger partial charge on any atom is -0.303 e. The van der Waals surface area contributed by atoms with Gasteiger partial charge in [-0.2, -0.15) is 9.78 Å². The van der Waals surface area contributed by atoms with E-state index in [-0.39, 0.29) is 11.5 Å². The van der Waals surface area contributed by atoms with Crippen LogP contribution >= 0.6 is 15.9 Å². The SMILES string of the molecule is CC[C@H](C)c1nc2ccc(Br)cc2c(=O)n1N=Cc1cc(C)n(-c2ccc(C)cn2)c1C. The first-order valence-electron chi connectivity index (χ1n) is 10.7. The van der Waals surface area contributed by atoms with Crippen molar-refractivity contribution in [1.29, 1.82) is 0 Å². The standard InChI is InChI=1S/C25H26BrN5O/c1-6-16(3)24-29-22-9-8-20(26)12-21(22)25(32)31(24)28-14-19-11-17(4)30(18(19)5)23-10-7-15(2)13-27-23/h7-14,16H,6H2,1-5H3/t16-/m0/s1. The average molecular weight is 492 g/mol. The molecule has 0 N–H and O–H groups in total. The number of rotatable bonds is 5. The Balaban J connectivity index is 1.84. The molecule has 0 aliphatic carbocycles. The molecule has 32 heavy (non-hydrogen) atoms. The predicted octanol–water partition coefficient (Wildman–Crippen LogP) is 5.67. The van der Waals surface area contributed by atoms with E-state index in [2.05, 4.69) is 50.5 Å². The number of aryl methyl sites for hydroxylation is 2. The lowest BCUT2D eigenvalue weighted by molar-refractivity contribution is 0.613. The van der Waals surface area contributed by atoms with Crippen LogP contribution in [0.4, 0.5) is 0 Å². The first kappa shape index (κ1) is 22.1. The van der Waals surface area contributed by atoms with Crippen LogP contribution in [0.25, 0.3) is 16.7 Å². The molecule has 0 saturated heterocycles. The van der Waals surface area contributed by atoms with Gasteiger partial charge in [0.25, 0.3) is 5.56 Å².